The Hall–Kier alpha value is -0.510. The van der Waals surface area contributed by atoms with Crippen LogP contribution < -0.4 is 5.73 Å². The van der Waals surface area contributed by atoms with Crippen LogP contribution in [0.3, 0.4) is 0 Å². The predicted molar refractivity (Wildman–Crippen MR) is 82.0 cm³/mol. The van der Waals surface area contributed by atoms with Crippen LogP contribution in [0.15, 0.2) is 29.2 Å². The van der Waals surface area contributed by atoms with Gasteiger partial charge < -0.3 is 5.73 Å². The Morgan fingerprint density at radius 2 is 1.78 bits per heavy atom. The molecule has 0 aromatic heterocycles. The average Bonchev–Trinajstić information content (AvgIpc) is 2.31. The van der Waals surface area contributed by atoms with Crippen molar-refractivity contribution in [2.24, 2.45) is 5.73 Å². The summed E-state index contributed by atoms with van der Waals surface area (Å²) >= 11 is 1.90. The van der Waals surface area contributed by atoms with Crippen LogP contribution in [0, 0.1) is 0 Å². The number of likely N-dealkylation sites (N-methyl/N-ethyl adjacent to an activating group) is 1. The number of nitrogens with zero attached hydrogens (tertiary/aromatic N) is 1. The smallest absolute Gasteiger partial charge is 0.0275 e. The van der Waals surface area contributed by atoms with E-state index in [0.29, 0.717) is 11.8 Å². The summed E-state index contributed by atoms with van der Waals surface area (Å²) in [6, 6.07) is 8.86. The molecule has 0 aliphatic heterocycles. The molecule has 2 nitrogen and oxygen atoms in total. The van der Waals surface area contributed by atoms with E-state index in [9.17, 15) is 0 Å². The summed E-state index contributed by atoms with van der Waals surface area (Å²) in [5, 5.41) is 0.634. The molecule has 0 fully saturated rings. The molecule has 0 spiro atoms. The van der Waals surface area contributed by atoms with Gasteiger partial charge in [0, 0.05) is 28.8 Å². The number of hydrogen-bond acceptors (Lipinski definition) is 3. The van der Waals surface area contributed by atoms with Gasteiger partial charge >= 0.3 is 0 Å². The fraction of sp³-hybridized carbons (Fsp3) is 0.600. The van der Waals surface area contributed by atoms with Crippen molar-refractivity contribution in [3.05, 3.63) is 29.8 Å². The molecule has 0 radical (unpaired) electrons. The summed E-state index contributed by atoms with van der Waals surface area (Å²) in [6.07, 6.45) is 0. The summed E-state index contributed by atoms with van der Waals surface area (Å²) in [7, 11) is 2.13. The summed E-state index contributed by atoms with van der Waals surface area (Å²) in [5.74, 6) is 0. The number of nitrogens with two attached hydrogens (primary N) is 1. The lowest BCUT2D eigenvalue weighted by atomic mass is 10.0. The molecular weight excluding hydrogens is 240 g/mol. The monoisotopic (exact) mass is 266 g/mol. The Bertz CT molecular complexity index is 357. The Morgan fingerprint density at radius 1 is 1.22 bits per heavy atom. The van der Waals surface area contributed by atoms with Crippen molar-refractivity contribution >= 4 is 11.8 Å². The Morgan fingerprint density at radius 3 is 2.22 bits per heavy atom. The third-order valence-electron chi connectivity index (χ3n) is 3.25. The first-order chi connectivity index (χ1) is 8.35. The number of rotatable bonds is 6. The molecular formula is C15H26N2S. The highest BCUT2D eigenvalue weighted by molar-refractivity contribution is 7.99. The fourth-order valence-corrected chi connectivity index (χ4v) is 2.43. The van der Waals surface area contributed by atoms with Crippen molar-refractivity contribution < 1.29 is 0 Å². The minimum Gasteiger partial charge on any atom is -0.329 e. The topological polar surface area (TPSA) is 29.3 Å². The highest BCUT2D eigenvalue weighted by Crippen LogP contribution is 2.23. The van der Waals surface area contributed by atoms with E-state index in [1.807, 2.05) is 11.8 Å². The zero-order chi connectivity index (χ0) is 13.8. The molecule has 0 aliphatic carbocycles. The third-order valence-corrected chi connectivity index (χ3v) is 4.26. The van der Waals surface area contributed by atoms with E-state index in [2.05, 4.69) is 63.9 Å². The van der Waals surface area contributed by atoms with E-state index in [-0.39, 0.29) is 5.54 Å². The SMILES string of the molecule is CC(C)Sc1ccc(CN(C)C(C)(C)CN)cc1. The van der Waals surface area contributed by atoms with Gasteiger partial charge in [-0.1, -0.05) is 26.0 Å². The zero-order valence-electron chi connectivity index (χ0n) is 12.2. The lowest BCUT2D eigenvalue weighted by Gasteiger charge is -2.34. The second kappa shape index (κ2) is 6.60. The van der Waals surface area contributed by atoms with Gasteiger partial charge in [0.05, 0.1) is 0 Å². The summed E-state index contributed by atoms with van der Waals surface area (Å²) < 4.78 is 0. The minimum atomic E-state index is 0.0470. The van der Waals surface area contributed by atoms with Crippen LogP contribution in [0.2, 0.25) is 0 Å². The van der Waals surface area contributed by atoms with Gasteiger partial charge in [-0.15, -0.1) is 11.8 Å². The van der Waals surface area contributed by atoms with Gasteiger partial charge in [0.15, 0.2) is 0 Å². The van der Waals surface area contributed by atoms with Crippen LogP contribution in [0.25, 0.3) is 0 Å². The second-order valence-corrected chi connectivity index (χ2v) is 7.33. The van der Waals surface area contributed by atoms with Crippen molar-refractivity contribution in [3.63, 3.8) is 0 Å². The summed E-state index contributed by atoms with van der Waals surface area (Å²) in [5.41, 5.74) is 7.18. The third kappa shape index (κ3) is 4.63. The highest BCUT2D eigenvalue weighted by Gasteiger charge is 2.21. The maximum absolute atomic E-state index is 5.79. The van der Waals surface area contributed by atoms with Gasteiger partial charge in [-0.2, -0.15) is 0 Å². The average molecular weight is 266 g/mol. The van der Waals surface area contributed by atoms with Crippen LogP contribution in [-0.4, -0.2) is 29.3 Å². The van der Waals surface area contributed by atoms with Gasteiger partial charge in [-0.05, 0) is 38.6 Å². The lowest BCUT2D eigenvalue weighted by molar-refractivity contribution is 0.155. The molecule has 0 aliphatic rings. The molecule has 1 aromatic carbocycles. The molecule has 1 rings (SSSR count). The van der Waals surface area contributed by atoms with E-state index >= 15 is 0 Å². The molecule has 0 saturated heterocycles. The molecule has 0 atom stereocenters. The highest BCUT2D eigenvalue weighted by atomic mass is 32.2. The first-order valence-electron chi connectivity index (χ1n) is 6.52. The van der Waals surface area contributed by atoms with Crippen LogP contribution in [-0.2, 0) is 6.54 Å². The maximum atomic E-state index is 5.79. The van der Waals surface area contributed by atoms with Crippen LogP contribution in [0.5, 0.6) is 0 Å². The van der Waals surface area contributed by atoms with Gasteiger partial charge in [-0.3, -0.25) is 4.90 Å². The lowest BCUT2D eigenvalue weighted by Crippen LogP contribution is -2.46. The normalized spacial score (nSPS) is 12.4. The van der Waals surface area contributed by atoms with Crippen molar-refractivity contribution in [2.45, 2.75) is 49.9 Å². The van der Waals surface area contributed by atoms with E-state index in [0.717, 1.165) is 6.54 Å². The molecule has 0 heterocycles. The molecule has 2 N–H and O–H groups in total. The summed E-state index contributed by atoms with van der Waals surface area (Å²) in [6.45, 7) is 10.4. The van der Waals surface area contributed by atoms with Crippen LogP contribution in [0.1, 0.15) is 33.3 Å². The van der Waals surface area contributed by atoms with Crippen molar-refractivity contribution in [3.8, 4) is 0 Å². The number of benzene rings is 1. The minimum absolute atomic E-state index is 0.0470. The fourth-order valence-electron chi connectivity index (χ4n) is 1.59. The molecule has 0 saturated carbocycles. The Kier molecular flexibility index (Phi) is 5.70. The molecule has 0 bridgehead atoms. The quantitative estimate of drug-likeness (QED) is 0.801. The number of hydrogen-bond donors (Lipinski definition) is 1. The van der Waals surface area contributed by atoms with E-state index in [4.69, 9.17) is 5.73 Å². The summed E-state index contributed by atoms with van der Waals surface area (Å²) in [4.78, 5) is 3.65. The molecule has 102 valence electrons. The second-order valence-electron chi connectivity index (χ2n) is 5.68. The van der Waals surface area contributed by atoms with Crippen molar-refractivity contribution in [2.75, 3.05) is 13.6 Å². The van der Waals surface area contributed by atoms with Crippen LogP contribution in [0.4, 0.5) is 0 Å². The molecule has 0 amide bonds. The number of thioether (sulfide) groups is 1. The Labute approximate surface area is 116 Å². The van der Waals surface area contributed by atoms with Gasteiger partial charge in [0.2, 0.25) is 0 Å². The molecule has 3 heteroatoms. The molecule has 18 heavy (non-hydrogen) atoms. The van der Waals surface area contributed by atoms with Gasteiger partial charge in [0.25, 0.3) is 0 Å². The molecule has 0 unspecified atom stereocenters. The van der Waals surface area contributed by atoms with E-state index < -0.39 is 0 Å². The van der Waals surface area contributed by atoms with Gasteiger partial charge in [0.1, 0.15) is 0 Å². The van der Waals surface area contributed by atoms with Crippen molar-refractivity contribution in [1.29, 1.82) is 0 Å². The van der Waals surface area contributed by atoms with E-state index in [1.165, 1.54) is 10.5 Å². The standard InChI is InChI=1S/C15H26N2S/c1-12(2)18-14-8-6-13(7-9-14)10-17(5)15(3,4)11-16/h6-9,12H,10-11,16H2,1-5H3. The van der Waals surface area contributed by atoms with E-state index in [1.54, 1.807) is 0 Å². The van der Waals surface area contributed by atoms with Gasteiger partial charge in [-0.25, -0.2) is 0 Å². The predicted octanol–water partition coefficient (Wildman–Crippen LogP) is 3.36. The van der Waals surface area contributed by atoms with Crippen molar-refractivity contribution in [1.82, 2.24) is 4.90 Å². The maximum Gasteiger partial charge on any atom is 0.0275 e. The largest absolute Gasteiger partial charge is 0.329 e. The molecule has 1 aromatic rings. The van der Waals surface area contributed by atoms with Crippen LogP contribution >= 0.6 is 11.8 Å². The zero-order valence-corrected chi connectivity index (χ0v) is 13.1. The first kappa shape index (κ1) is 15.5. The first-order valence-corrected chi connectivity index (χ1v) is 7.40. The Balaban J connectivity index is 2.64.